The van der Waals surface area contributed by atoms with Crippen LogP contribution in [-0.2, 0) is 28.7 Å². The molecule has 0 atom stereocenters. The first-order valence-corrected chi connectivity index (χ1v) is 11.3. The van der Waals surface area contributed by atoms with Gasteiger partial charge in [-0.05, 0) is 31.4 Å². The van der Waals surface area contributed by atoms with Crippen molar-refractivity contribution in [3.8, 4) is 11.5 Å². The standard InChI is InChI=1S/C25H30N2O10/c1-4-15-34-24(32)26-19(28)11-7-13-21(30)36-18-10-6-9-17(3)23(18)37-22(31)14-8-12-20(29)27-25(33)35-16-5-2/h4-6,9-10H,1-2,7-8,11-16H2,3H3,(H,26,28,32)(H,27,29,33). The molecule has 12 nitrogen and oxygen atoms in total. The van der Waals surface area contributed by atoms with E-state index in [0.29, 0.717) is 5.56 Å². The molecule has 12 heteroatoms. The third kappa shape index (κ3) is 13.3. The van der Waals surface area contributed by atoms with Gasteiger partial charge < -0.3 is 18.9 Å². The number of hydrogen-bond donors (Lipinski definition) is 2. The van der Waals surface area contributed by atoms with E-state index in [0.717, 1.165) is 0 Å². The van der Waals surface area contributed by atoms with Gasteiger partial charge in [0.2, 0.25) is 11.8 Å². The van der Waals surface area contributed by atoms with E-state index in [-0.39, 0.29) is 63.2 Å². The summed E-state index contributed by atoms with van der Waals surface area (Å²) >= 11 is 0. The highest BCUT2D eigenvalue weighted by molar-refractivity contribution is 5.92. The molecule has 1 rings (SSSR count). The van der Waals surface area contributed by atoms with Gasteiger partial charge in [-0.3, -0.25) is 29.8 Å². The summed E-state index contributed by atoms with van der Waals surface area (Å²) < 4.78 is 19.9. The highest BCUT2D eigenvalue weighted by Crippen LogP contribution is 2.31. The largest absolute Gasteiger partial charge is 0.445 e. The number of aryl methyl sites for hydroxylation is 1. The van der Waals surface area contributed by atoms with Gasteiger partial charge in [-0.1, -0.05) is 37.4 Å². The molecule has 0 saturated carbocycles. The minimum Gasteiger partial charge on any atom is -0.445 e. The second-order valence-electron chi connectivity index (χ2n) is 7.43. The molecule has 0 bridgehead atoms. The molecule has 0 aliphatic heterocycles. The molecule has 0 spiro atoms. The molecule has 0 heterocycles. The Hall–Kier alpha value is -4.48. The molecule has 37 heavy (non-hydrogen) atoms. The van der Waals surface area contributed by atoms with Gasteiger partial charge in [0.25, 0.3) is 0 Å². The molecule has 0 saturated heterocycles. The van der Waals surface area contributed by atoms with Crippen molar-refractivity contribution in [2.75, 3.05) is 13.2 Å². The number of rotatable bonds is 14. The molecule has 0 fully saturated rings. The van der Waals surface area contributed by atoms with Crippen molar-refractivity contribution in [2.45, 2.75) is 45.4 Å². The number of alkyl carbamates (subject to hydrolysis) is 2. The second kappa shape index (κ2) is 17.0. The maximum atomic E-state index is 12.3. The van der Waals surface area contributed by atoms with Gasteiger partial charge in [-0.15, -0.1) is 0 Å². The lowest BCUT2D eigenvalue weighted by atomic mass is 10.2. The van der Waals surface area contributed by atoms with Crippen LogP contribution < -0.4 is 20.1 Å². The van der Waals surface area contributed by atoms with Gasteiger partial charge in [0.15, 0.2) is 11.5 Å². The van der Waals surface area contributed by atoms with Crippen LogP contribution in [0.4, 0.5) is 9.59 Å². The highest BCUT2D eigenvalue weighted by atomic mass is 16.6. The van der Waals surface area contributed by atoms with Gasteiger partial charge in [0.05, 0.1) is 0 Å². The number of amides is 4. The monoisotopic (exact) mass is 518 g/mol. The Labute approximate surface area is 214 Å². The van der Waals surface area contributed by atoms with Crippen LogP contribution in [0.1, 0.15) is 44.1 Å². The maximum Gasteiger partial charge on any atom is 0.414 e. The van der Waals surface area contributed by atoms with E-state index >= 15 is 0 Å². The molecule has 2 N–H and O–H groups in total. The molecule has 0 aromatic heterocycles. The zero-order chi connectivity index (χ0) is 27.6. The normalized spacial score (nSPS) is 9.86. The van der Waals surface area contributed by atoms with E-state index in [1.807, 2.05) is 10.6 Å². The molecule has 1 aromatic carbocycles. The quantitative estimate of drug-likeness (QED) is 0.212. The Morgan fingerprint density at radius 3 is 1.73 bits per heavy atom. The summed E-state index contributed by atoms with van der Waals surface area (Å²) in [5, 5.41) is 4.02. The average Bonchev–Trinajstić information content (AvgIpc) is 2.83. The summed E-state index contributed by atoms with van der Waals surface area (Å²) in [4.78, 5) is 70.5. The fraction of sp³-hybridized carbons (Fsp3) is 0.360. The first-order valence-electron chi connectivity index (χ1n) is 11.3. The minimum atomic E-state index is -0.912. The van der Waals surface area contributed by atoms with E-state index in [2.05, 4.69) is 22.6 Å². The van der Waals surface area contributed by atoms with Crippen LogP contribution in [0.2, 0.25) is 0 Å². The maximum absolute atomic E-state index is 12.3. The molecule has 0 aliphatic carbocycles. The van der Waals surface area contributed by atoms with Gasteiger partial charge >= 0.3 is 24.1 Å². The van der Waals surface area contributed by atoms with E-state index in [9.17, 15) is 28.8 Å². The Bertz CT molecular complexity index is 1020. The number of nitrogens with one attached hydrogen (secondary N) is 2. The van der Waals surface area contributed by atoms with E-state index in [1.54, 1.807) is 19.1 Å². The van der Waals surface area contributed by atoms with Gasteiger partial charge in [-0.25, -0.2) is 9.59 Å². The Kier molecular flexibility index (Phi) is 14.1. The molecule has 1 aromatic rings. The zero-order valence-electron chi connectivity index (χ0n) is 20.5. The molecule has 0 unspecified atom stereocenters. The predicted molar refractivity (Wildman–Crippen MR) is 130 cm³/mol. The number of para-hydroxylation sites is 1. The van der Waals surface area contributed by atoms with Crippen LogP contribution in [0, 0.1) is 6.92 Å². The van der Waals surface area contributed by atoms with Gasteiger partial charge in [-0.2, -0.15) is 0 Å². The fourth-order valence-corrected chi connectivity index (χ4v) is 2.66. The van der Waals surface area contributed by atoms with Crippen molar-refractivity contribution >= 4 is 35.9 Å². The number of carbonyl (C=O) groups is 6. The number of benzene rings is 1. The highest BCUT2D eigenvalue weighted by Gasteiger charge is 2.17. The van der Waals surface area contributed by atoms with E-state index in [1.165, 1.54) is 18.2 Å². The predicted octanol–water partition coefficient (Wildman–Crippen LogP) is 3.02. The van der Waals surface area contributed by atoms with Gasteiger partial charge in [0.1, 0.15) is 13.2 Å². The molecular weight excluding hydrogens is 488 g/mol. The first-order chi connectivity index (χ1) is 17.7. The summed E-state index contributed by atoms with van der Waals surface area (Å²) in [5.74, 6) is -2.53. The minimum absolute atomic E-state index is 0.0125. The molecule has 200 valence electrons. The Morgan fingerprint density at radius 1 is 0.757 bits per heavy atom. The zero-order valence-corrected chi connectivity index (χ0v) is 20.5. The van der Waals surface area contributed by atoms with Crippen LogP contribution in [0.15, 0.2) is 43.5 Å². The molecular formula is C25H30N2O10. The average molecular weight is 519 g/mol. The van der Waals surface area contributed by atoms with E-state index in [4.69, 9.17) is 9.47 Å². The van der Waals surface area contributed by atoms with Crippen LogP contribution in [-0.4, -0.2) is 49.2 Å². The Balaban J connectivity index is 2.50. The lowest BCUT2D eigenvalue weighted by Gasteiger charge is -2.13. The summed E-state index contributed by atoms with van der Waals surface area (Å²) in [6, 6.07) is 4.70. The summed E-state index contributed by atoms with van der Waals surface area (Å²) in [6.07, 6.45) is 0.567. The topological polar surface area (TPSA) is 163 Å². The van der Waals surface area contributed by atoms with Crippen LogP contribution in [0.3, 0.4) is 0 Å². The summed E-state index contributed by atoms with van der Waals surface area (Å²) in [7, 11) is 0. The lowest BCUT2D eigenvalue weighted by molar-refractivity contribution is -0.137. The van der Waals surface area contributed by atoms with Gasteiger partial charge in [0, 0.05) is 25.7 Å². The number of hydrogen-bond acceptors (Lipinski definition) is 10. The molecule has 0 radical (unpaired) electrons. The van der Waals surface area contributed by atoms with Crippen molar-refractivity contribution in [1.29, 1.82) is 0 Å². The van der Waals surface area contributed by atoms with Crippen LogP contribution in [0.25, 0.3) is 0 Å². The SMILES string of the molecule is C=CCOC(=O)NC(=O)CCCC(=O)Oc1cccc(C)c1OC(=O)CCCC(=O)NC(=O)OCC=C. The fourth-order valence-electron chi connectivity index (χ4n) is 2.66. The van der Waals surface area contributed by atoms with Crippen LogP contribution >= 0.6 is 0 Å². The van der Waals surface area contributed by atoms with Crippen molar-refractivity contribution < 1.29 is 47.7 Å². The van der Waals surface area contributed by atoms with E-state index < -0.39 is 35.9 Å². The second-order valence-corrected chi connectivity index (χ2v) is 7.43. The smallest absolute Gasteiger partial charge is 0.414 e. The number of esters is 2. The lowest BCUT2D eigenvalue weighted by Crippen LogP contribution is -2.31. The van der Waals surface area contributed by atoms with Crippen molar-refractivity contribution in [3.05, 3.63) is 49.1 Å². The van der Waals surface area contributed by atoms with Crippen molar-refractivity contribution in [1.82, 2.24) is 10.6 Å². The number of ether oxygens (including phenoxy) is 4. The molecule has 4 amide bonds. The van der Waals surface area contributed by atoms with Crippen molar-refractivity contribution in [3.63, 3.8) is 0 Å². The first kappa shape index (κ1) is 30.6. The van der Waals surface area contributed by atoms with Crippen LogP contribution in [0.5, 0.6) is 11.5 Å². The third-order valence-electron chi connectivity index (χ3n) is 4.33. The molecule has 0 aliphatic rings. The van der Waals surface area contributed by atoms with Crippen molar-refractivity contribution in [2.24, 2.45) is 0 Å². The number of imide groups is 2. The third-order valence-corrected chi connectivity index (χ3v) is 4.33. The summed E-state index contributed by atoms with van der Waals surface area (Å²) in [5.41, 5.74) is 0.527. The number of carbonyl (C=O) groups excluding carboxylic acids is 6. The Morgan fingerprint density at radius 2 is 1.24 bits per heavy atom. The summed E-state index contributed by atoms with van der Waals surface area (Å²) in [6.45, 7) is 8.32.